The van der Waals surface area contributed by atoms with Gasteiger partial charge in [0.25, 0.3) is 0 Å². The molecule has 1 heterocycles. The van der Waals surface area contributed by atoms with Gasteiger partial charge in [0.1, 0.15) is 0 Å². The molecule has 0 aromatic rings. The minimum Gasteiger partial charge on any atom is -0.467 e. The van der Waals surface area contributed by atoms with Gasteiger partial charge in [0.05, 0.1) is 14.2 Å². The molecule has 0 aromatic heterocycles. The third kappa shape index (κ3) is 2.15. The summed E-state index contributed by atoms with van der Waals surface area (Å²) < 4.78 is 9.03. The van der Waals surface area contributed by atoms with Crippen molar-refractivity contribution in [2.45, 2.75) is 31.8 Å². The average Bonchev–Trinajstić information content (AvgIpc) is 3.02. The summed E-state index contributed by atoms with van der Waals surface area (Å²) in [6.07, 6.45) is 0.970. The van der Waals surface area contributed by atoms with Gasteiger partial charge in [-0.3, -0.25) is 4.79 Å². The van der Waals surface area contributed by atoms with Crippen LogP contribution in [0, 0.1) is 0 Å². The Hall–Kier alpha value is -1.59. The molecule has 1 fully saturated rings. The molecule has 90 valence electrons. The Bertz CT molecular complexity index is 292. The molecule has 6 nitrogen and oxygen atoms in total. The van der Waals surface area contributed by atoms with E-state index in [9.17, 15) is 14.4 Å². The van der Waals surface area contributed by atoms with E-state index in [1.54, 1.807) is 0 Å². The number of carbonyl (C=O) groups excluding carboxylic acids is 3. The molecule has 2 atom stereocenters. The molecule has 0 aromatic carbocycles. The maximum Gasteiger partial charge on any atom is 0.331 e. The van der Waals surface area contributed by atoms with E-state index in [0.717, 1.165) is 0 Å². The number of nitrogens with zero attached hydrogens (tertiary/aromatic N) is 1. The van der Waals surface area contributed by atoms with Crippen LogP contribution in [-0.4, -0.2) is 49.0 Å². The molecule has 1 amide bonds. The molecular weight excluding hydrogens is 214 g/mol. The summed E-state index contributed by atoms with van der Waals surface area (Å²) in [7, 11) is 2.44. The fourth-order valence-electron chi connectivity index (χ4n) is 1.61. The lowest BCUT2D eigenvalue weighted by atomic mass is 10.3. The zero-order valence-electron chi connectivity index (χ0n) is 9.56. The van der Waals surface area contributed by atoms with Crippen molar-refractivity contribution in [3.63, 3.8) is 0 Å². The predicted octanol–water partition coefficient (Wildman–Crippen LogP) is -0.288. The Morgan fingerprint density at radius 2 is 1.50 bits per heavy atom. The number of esters is 2. The van der Waals surface area contributed by atoms with Crippen LogP contribution in [0.2, 0.25) is 0 Å². The Labute approximate surface area is 93.5 Å². The highest BCUT2D eigenvalue weighted by Crippen LogP contribution is 2.31. The van der Waals surface area contributed by atoms with Crippen molar-refractivity contribution in [1.82, 2.24) is 4.90 Å². The second-order valence-electron chi connectivity index (χ2n) is 3.49. The molecule has 0 spiro atoms. The average molecular weight is 229 g/mol. The highest BCUT2D eigenvalue weighted by molar-refractivity contribution is 6.00. The first-order valence-electron chi connectivity index (χ1n) is 5.05. The van der Waals surface area contributed by atoms with Crippen LogP contribution in [-0.2, 0) is 23.9 Å². The molecule has 16 heavy (non-hydrogen) atoms. The van der Waals surface area contributed by atoms with E-state index in [1.807, 2.05) is 6.92 Å². The molecule has 1 saturated heterocycles. The molecule has 0 aliphatic carbocycles. The molecule has 0 radical (unpaired) electrons. The summed E-state index contributed by atoms with van der Waals surface area (Å²) in [5.74, 6) is -1.40. The molecule has 1 rings (SSSR count). The Morgan fingerprint density at radius 3 is 1.81 bits per heavy atom. The number of ether oxygens (including phenoxy) is 2. The Balaban J connectivity index is 2.72. The van der Waals surface area contributed by atoms with Crippen LogP contribution in [0.3, 0.4) is 0 Å². The van der Waals surface area contributed by atoms with Crippen LogP contribution in [0.25, 0.3) is 0 Å². The zero-order valence-corrected chi connectivity index (χ0v) is 9.56. The molecule has 1 aliphatic heterocycles. The van der Waals surface area contributed by atoms with E-state index in [4.69, 9.17) is 0 Å². The molecular formula is C10H15NO5. The number of methoxy groups -OCH3 is 2. The molecule has 0 saturated carbocycles. The third-order valence-electron chi connectivity index (χ3n) is 2.45. The van der Waals surface area contributed by atoms with Crippen LogP contribution in [0.15, 0.2) is 0 Å². The van der Waals surface area contributed by atoms with Crippen molar-refractivity contribution in [3.05, 3.63) is 0 Å². The minimum absolute atomic E-state index is 0.228. The van der Waals surface area contributed by atoms with E-state index in [0.29, 0.717) is 12.8 Å². The van der Waals surface area contributed by atoms with Crippen LogP contribution >= 0.6 is 0 Å². The van der Waals surface area contributed by atoms with E-state index in [1.165, 1.54) is 19.1 Å². The number of carbonyl (C=O) groups is 3. The monoisotopic (exact) mass is 229 g/mol. The van der Waals surface area contributed by atoms with Gasteiger partial charge in [0.15, 0.2) is 12.1 Å². The van der Waals surface area contributed by atoms with E-state index < -0.39 is 24.0 Å². The van der Waals surface area contributed by atoms with Gasteiger partial charge in [-0.2, -0.15) is 0 Å². The van der Waals surface area contributed by atoms with E-state index in [2.05, 4.69) is 9.47 Å². The fraction of sp³-hybridized carbons (Fsp3) is 0.700. The van der Waals surface area contributed by atoms with Crippen molar-refractivity contribution in [2.75, 3.05) is 14.2 Å². The number of amides is 1. The second-order valence-corrected chi connectivity index (χ2v) is 3.49. The van der Waals surface area contributed by atoms with Crippen LogP contribution < -0.4 is 0 Å². The topological polar surface area (TPSA) is 72.7 Å². The first-order chi connectivity index (χ1) is 7.58. The number of rotatable bonds is 4. The van der Waals surface area contributed by atoms with Gasteiger partial charge in [-0.15, -0.1) is 0 Å². The van der Waals surface area contributed by atoms with Gasteiger partial charge in [-0.1, -0.05) is 6.92 Å². The summed E-state index contributed by atoms with van der Waals surface area (Å²) in [5, 5.41) is 0. The van der Waals surface area contributed by atoms with Gasteiger partial charge >= 0.3 is 11.9 Å². The summed E-state index contributed by atoms with van der Waals surface area (Å²) >= 11 is 0. The number of hydrogen-bond donors (Lipinski definition) is 0. The quantitative estimate of drug-likeness (QED) is 0.489. The lowest BCUT2D eigenvalue weighted by molar-refractivity contribution is -0.144. The van der Waals surface area contributed by atoms with Crippen LogP contribution in [0.4, 0.5) is 0 Å². The van der Waals surface area contributed by atoms with Crippen molar-refractivity contribution >= 4 is 17.8 Å². The Kier molecular flexibility index (Phi) is 3.87. The van der Waals surface area contributed by atoms with Crippen LogP contribution in [0.5, 0.6) is 0 Å². The summed E-state index contributed by atoms with van der Waals surface area (Å²) in [4.78, 5) is 35.4. The summed E-state index contributed by atoms with van der Waals surface area (Å²) in [5.41, 5.74) is 0. The van der Waals surface area contributed by atoms with Gasteiger partial charge < -0.3 is 14.4 Å². The van der Waals surface area contributed by atoms with Crippen molar-refractivity contribution in [2.24, 2.45) is 0 Å². The standard InChI is InChI=1S/C10H15NO5/c1-4-5-6(12)11-7(9(13)15-2)8(11)10(14)16-3/h7-8H,4-5H2,1-3H3. The second kappa shape index (κ2) is 4.96. The Morgan fingerprint density at radius 1 is 1.06 bits per heavy atom. The molecule has 2 unspecified atom stereocenters. The highest BCUT2D eigenvalue weighted by Gasteiger charge is 2.61. The first-order valence-corrected chi connectivity index (χ1v) is 5.05. The minimum atomic E-state index is -0.809. The maximum atomic E-state index is 11.6. The van der Waals surface area contributed by atoms with Crippen molar-refractivity contribution in [1.29, 1.82) is 0 Å². The maximum absolute atomic E-state index is 11.6. The van der Waals surface area contributed by atoms with E-state index in [-0.39, 0.29) is 5.91 Å². The lowest BCUT2D eigenvalue weighted by Crippen LogP contribution is -2.19. The zero-order chi connectivity index (χ0) is 12.3. The number of hydrogen-bond acceptors (Lipinski definition) is 5. The van der Waals surface area contributed by atoms with E-state index >= 15 is 0 Å². The predicted molar refractivity (Wildman–Crippen MR) is 53.4 cm³/mol. The fourth-order valence-corrected chi connectivity index (χ4v) is 1.61. The van der Waals surface area contributed by atoms with Gasteiger partial charge in [-0.25, -0.2) is 9.59 Å². The van der Waals surface area contributed by atoms with Crippen LogP contribution in [0.1, 0.15) is 19.8 Å². The van der Waals surface area contributed by atoms with Crippen molar-refractivity contribution < 1.29 is 23.9 Å². The molecule has 6 heteroatoms. The smallest absolute Gasteiger partial charge is 0.331 e. The lowest BCUT2D eigenvalue weighted by Gasteiger charge is -2.01. The van der Waals surface area contributed by atoms with Gasteiger partial charge in [0, 0.05) is 6.42 Å². The molecule has 0 N–H and O–H groups in total. The van der Waals surface area contributed by atoms with Gasteiger partial charge in [-0.05, 0) is 6.42 Å². The third-order valence-corrected chi connectivity index (χ3v) is 2.45. The summed E-state index contributed by atoms with van der Waals surface area (Å²) in [6.45, 7) is 1.85. The largest absolute Gasteiger partial charge is 0.467 e. The molecule has 1 aliphatic rings. The SMILES string of the molecule is CCCC(=O)N1C(C(=O)OC)C1C(=O)OC. The van der Waals surface area contributed by atoms with Gasteiger partial charge in [0.2, 0.25) is 5.91 Å². The molecule has 0 bridgehead atoms. The first kappa shape index (κ1) is 12.5. The normalized spacial score (nSPS) is 22.6. The summed E-state index contributed by atoms with van der Waals surface area (Å²) in [6, 6.07) is -1.62. The van der Waals surface area contributed by atoms with Crippen molar-refractivity contribution in [3.8, 4) is 0 Å². The highest BCUT2D eigenvalue weighted by atomic mass is 16.5.